The third-order valence-electron chi connectivity index (χ3n) is 3.53. The van der Waals surface area contributed by atoms with Crippen LogP contribution in [0.15, 0.2) is 54.6 Å². The molecule has 3 rings (SSSR count). The number of Topliss-reactive ketones (excluding diaryl/α,β-unsaturated/α-hetero) is 1. The van der Waals surface area contributed by atoms with E-state index in [0.717, 1.165) is 17.0 Å². The summed E-state index contributed by atoms with van der Waals surface area (Å²) < 4.78 is 5.16. The molecule has 0 spiro atoms. The first-order chi connectivity index (χ1) is 11.2. The first-order valence-electron chi connectivity index (χ1n) is 7.33. The topological polar surface area (TPSA) is 57.0 Å². The lowest BCUT2D eigenvalue weighted by Crippen LogP contribution is -2.00. The van der Waals surface area contributed by atoms with Crippen LogP contribution >= 0.6 is 0 Å². The highest BCUT2D eigenvalue weighted by atomic mass is 16.5. The molecule has 0 saturated carbocycles. The number of aromatic nitrogens is 3. The third kappa shape index (κ3) is 3.29. The van der Waals surface area contributed by atoms with Crippen molar-refractivity contribution in [3.8, 4) is 11.4 Å². The number of nitrogens with zero attached hydrogens (tertiary/aromatic N) is 3. The normalized spacial score (nSPS) is 10.5. The molecule has 3 aromatic rings. The molecule has 2 aromatic carbocycles. The number of benzene rings is 2. The zero-order valence-corrected chi connectivity index (χ0v) is 13.1. The largest absolute Gasteiger partial charge is 0.497 e. The monoisotopic (exact) mass is 307 g/mol. The van der Waals surface area contributed by atoms with Gasteiger partial charge in [0.1, 0.15) is 5.75 Å². The maximum Gasteiger partial charge on any atom is 0.181 e. The Kier molecular flexibility index (Phi) is 4.19. The van der Waals surface area contributed by atoms with Crippen LogP contribution in [0.3, 0.4) is 0 Å². The van der Waals surface area contributed by atoms with Crippen LogP contribution in [0.5, 0.6) is 5.75 Å². The van der Waals surface area contributed by atoms with E-state index >= 15 is 0 Å². The fraction of sp³-hybridized carbons (Fsp3) is 0.167. The van der Waals surface area contributed by atoms with Gasteiger partial charge in [0.05, 0.1) is 18.5 Å². The van der Waals surface area contributed by atoms with Gasteiger partial charge in [-0.3, -0.25) is 4.79 Å². The van der Waals surface area contributed by atoms with E-state index in [1.807, 2.05) is 54.6 Å². The number of hydrogen-bond donors (Lipinski definition) is 0. The Morgan fingerprint density at radius 3 is 2.35 bits per heavy atom. The molecule has 116 valence electrons. The Labute approximate surface area is 134 Å². The SMILES string of the molecule is COc1ccc(Cc2nn(-c3ccccc3)nc2C(C)=O)cc1. The summed E-state index contributed by atoms with van der Waals surface area (Å²) in [5, 5.41) is 8.83. The van der Waals surface area contributed by atoms with Crippen LogP contribution in [0.1, 0.15) is 28.7 Å². The number of methoxy groups -OCH3 is 1. The van der Waals surface area contributed by atoms with E-state index in [4.69, 9.17) is 4.74 Å². The van der Waals surface area contributed by atoms with E-state index in [1.165, 1.54) is 11.7 Å². The Bertz CT molecular complexity index is 808. The van der Waals surface area contributed by atoms with Crippen molar-refractivity contribution < 1.29 is 9.53 Å². The third-order valence-corrected chi connectivity index (χ3v) is 3.53. The van der Waals surface area contributed by atoms with Crippen molar-refractivity contribution in [1.29, 1.82) is 0 Å². The predicted molar refractivity (Wildman–Crippen MR) is 87.2 cm³/mol. The molecule has 0 bridgehead atoms. The van der Waals surface area contributed by atoms with Gasteiger partial charge in [0.25, 0.3) is 0 Å². The minimum Gasteiger partial charge on any atom is -0.497 e. The second-order valence-electron chi connectivity index (χ2n) is 5.20. The van der Waals surface area contributed by atoms with Gasteiger partial charge in [0, 0.05) is 13.3 Å². The van der Waals surface area contributed by atoms with Gasteiger partial charge in [-0.25, -0.2) is 0 Å². The number of ketones is 1. The Morgan fingerprint density at radius 1 is 1.04 bits per heavy atom. The van der Waals surface area contributed by atoms with Crippen LogP contribution < -0.4 is 4.74 Å². The average Bonchev–Trinajstić information content (AvgIpc) is 3.00. The van der Waals surface area contributed by atoms with E-state index in [9.17, 15) is 4.79 Å². The second kappa shape index (κ2) is 6.44. The number of para-hydroxylation sites is 1. The molecule has 0 aliphatic carbocycles. The number of carbonyl (C=O) groups excluding carboxylic acids is 1. The van der Waals surface area contributed by atoms with Crippen LogP contribution in [-0.2, 0) is 6.42 Å². The maximum atomic E-state index is 11.9. The molecule has 1 aromatic heterocycles. The van der Waals surface area contributed by atoms with Crippen molar-refractivity contribution in [2.75, 3.05) is 7.11 Å². The van der Waals surface area contributed by atoms with Crippen molar-refractivity contribution in [2.24, 2.45) is 0 Å². The Morgan fingerprint density at radius 2 is 1.74 bits per heavy atom. The number of hydrogen-bond acceptors (Lipinski definition) is 4. The van der Waals surface area contributed by atoms with E-state index in [-0.39, 0.29) is 5.78 Å². The number of carbonyl (C=O) groups is 1. The summed E-state index contributed by atoms with van der Waals surface area (Å²) >= 11 is 0. The van der Waals surface area contributed by atoms with Gasteiger partial charge in [-0.15, -0.1) is 5.10 Å². The standard InChI is InChI=1S/C18H17N3O2/c1-13(22)18-17(12-14-8-10-16(23-2)11-9-14)19-21(20-18)15-6-4-3-5-7-15/h3-11H,12H2,1-2H3. The van der Waals surface area contributed by atoms with Crippen molar-refractivity contribution in [3.05, 3.63) is 71.5 Å². The molecule has 0 atom stereocenters. The zero-order valence-electron chi connectivity index (χ0n) is 13.1. The fourth-order valence-corrected chi connectivity index (χ4v) is 2.34. The minimum absolute atomic E-state index is 0.0873. The molecule has 0 aliphatic heterocycles. The molecule has 23 heavy (non-hydrogen) atoms. The molecular weight excluding hydrogens is 290 g/mol. The predicted octanol–water partition coefficient (Wildman–Crippen LogP) is 3.07. The smallest absolute Gasteiger partial charge is 0.181 e. The van der Waals surface area contributed by atoms with Gasteiger partial charge in [0.2, 0.25) is 0 Å². The van der Waals surface area contributed by atoms with Crippen LogP contribution in [0.25, 0.3) is 5.69 Å². The first kappa shape index (κ1) is 15.0. The molecule has 0 N–H and O–H groups in total. The number of rotatable bonds is 5. The molecule has 0 fully saturated rings. The summed E-state index contributed by atoms with van der Waals surface area (Å²) in [6.45, 7) is 1.51. The molecule has 0 radical (unpaired) electrons. The minimum atomic E-state index is -0.0873. The van der Waals surface area contributed by atoms with Crippen LogP contribution in [0.2, 0.25) is 0 Å². The highest BCUT2D eigenvalue weighted by Gasteiger charge is 2.16. The Balaban J connectivity index is 1.94. The summed E-state index contributed by atoms with van der Waals surface area (Å²) in [5.41, 5.74) is 2.96. The zero-order chi connectivity index (χ0) is 16.2. The summed E-state index contributed by atoms with van der Waals surface area (Å²) in [5.74, 6) is 0.712. The van der Waals surface area contributed by atoms with E-state index in [2.05, 4.69) is 10.2 Å². The molecule has 0 unspecified atom stereocenters. The van der Waals surface area contributed by atoms with Crippen molar-refractivity contribution in [3.63, 3.8) is 0 Å². The van der Waals surface area contributed by atoms with E-state index in [0.29, 0.717) is 17.8 Å². The maximum absolute atomic E-state index is 11.9. The molecule has 5 nitrogen and oxygen atoms in total. The van der Waals surface area contributed by atoms with E-state index in [1.54, 1.807) is 7.11 Å². The molecule has 5 heteroatoms. The van der Waals surface area contributed by atoms with Crippen molar-refractivity contribution in [2.45, 2.75) is 13.3 Å². The quantitative estimate of drug-likeness (QED) is 0.680. The lowest BCUT2D eigenvalue weighted by atomic mass is 10.1. The van der Waals surface area contributed by atoms with Crippen LogP contribution in [0.4, 0.5) is 0 Å². The van der Waals surface area contributed by atoms with Crippen molar-refractivity contribution >= 4 is 5.78 Å². The Hall–Kier alpha value is -2.95. The van der Waals surface area contributed by atoms with Gasteiger partial charge in [-0.05, 0) is 29.8 Å². The lowest BCUT2D eigenvalue weighted by Gasteiger charge is -2.02. The summed E-state index contributed by atoms with van der Waals surface area (Å²) in [7, 11) is 1.63. The lowest BCUT2D eigenvalue weighted by molar-refractivity contribution is 0.101. The molecular formula is C18H17N3O2. The molecule has 0 aliphatic rings. The highest BCUT2D eigenvalue weighted by Crippen LogP contribution is 2.17. The van der Waals surface area contributed by atoms with Gasteiger partial charge in [0.15, 0.2) is 11.5 Å². The number of ether oxygens (including phenoxy) is 1. The van der Waals surface area contributed by atoms with E-state index < -0.39 is 0 Å². The summed E-state index contributed by atoms with van der Waals surface area (Å²) in [4.78, 5) is 13.4. The summed E-state index contributed by atoms with van der Waals surface area (Å²) in [6, 6.07) is 17.3. The second-order valence-corrected chi connectivity index (χ2v) is 5.20. The molecule has 1 heterocycles. The fourth-order valence-electron chi connectivity index (χ4n) is 2.34. The van der Waals surface area contributed by atoms with Crippen LogP contribution in [-0.4, -0.2) is 27.9 Å². The van der Waals surface area contributed by atoms with Gasteiger partial charge >= 0.3 is 0 Å². The average molecular weight is 307 g/mol. The van der Waals surface area contributed by atoms with Gasteiger partial charge in [-0.2, -0.15) is 9.90 Å². The highest BCUT2D eigenvalue weighted by molar-refractivity contribution is 5.93. The molecule has 0 saturated heterocycles. The summed E-state index contributed by atoms with van der Waals surface area (Å²) in [6.07, 6.45) is 0.547. The first-order valence-corrected chi connectivity index (χ1v) is 7.33. The van der Waals surface area contributed by atoms with Crippen molar-refractivity contribution in [1.82, 2.24) is 15.0 Å². The van der Waals surface area contributed by atoms with Crippen LogP contribution in [0, 0.1) is 0 Å². The van der Waals surface area contributed by atoms with Gasteiger partial charge in [-0.1, -0.05) is 30.3 Å². The van der Waals surface area contributed by atoms with Gasteiger partial charge < -0.3 is 4.74 Å². The molecule has 0 amide bonds.